The molecule has 7 heteroatoms. The molecule has 2 N–H and O–H groups in total. The Morgan fingerprint density at radius 3 is 2.71 bits per heavy atom. The van der Waals surface area contributed by atoms with Crippen molar-refractivity contribution in [3.05, 3.63) is 28.0 Å². The SMILES string of the molecule is CC(=O)SCC(O)C(O)c1cnc(Cl)c(Cl)c1. The predicted octanol–water partition coefficient (Wildman–Crippen LogP) is 2.06. The topological polar surface area (TPSA) is 70.4 Å². The number of aliphatic hydroxyl groups excluding tert-OH is 2. The van der Waals surface area contributed by atoms with E-state index < -0.39 is 12.2 Å². The van der Waals surface area contributed by atoms with E-state index in [0.29, 0.717) is 5.56 Å². The second-order valence-electron chi connectivity index (χ2n) is 3.36. The van der Waals surface area contributed by atoms with Crippen LogP contribution in [0.5, 0.6) is 0 Å². The first-order chi connectivity index (χ1) is 7.91. The molecule has 1 aromatic rings. The Bertz CT molecular complexity index is 417. The van der Waals surface area contributed by atoms with Crippen molar-refractivity contribution in [2.24, 2.45) is 0 Å². The molecule has 0 aliphatic rings. The summed E-state index contributed by atoms with van der Waals surface area (Å²) in [5.41, 5.74) is 0.357. The monoisotopic (exact) mass is 295 g/mol. The number of hydrogen-bond acceptors (Lipinski definition) is 5. The minimum Gasteiger partial charge on any atom is -0.389 e. The van der Waals surface area contributed by atoms with Gasteiger partial charge in [-0.2, -0.15) is 0 Å². The van der Waals surface area contributed by atoms with Crippen molar-refractivity contribution < 1.29 is 15.0 Å². The van der Waals surface area contributed by atoms with Crippen molar-refractivity contribution in [3.63, 3.8) is 0 Å². The lowest BCUT2D eigenvalue weighted by Gasteiger charge is -2.17. The van der Waals surface area contributed by atoms with Crippen LogP contribution in [0, 0.1) is 0 Å². The largest absolute Gasteiger partial charge is 0.389 e. The molecule has 0 spiro atoms. The van der Waals surface area contributed by atoms with E-state index in [9.17, 15) is 15.0 Å². The van der Waals surface area contributed by atoms with Gasteiger partial charge in [0.25, 0.3) is 0 Å². The second-order valence-corrected chi connectivity index (χ2v) is 5.32. The lowest BCUT2D eigenvalue weighted by atomic mass is 10.1. The van der Waals surface area contributed by atoms with Crippen LogP contribution >= 0.6 is 35.0 Å². The molecule has 0 amide bonds. The lowest BCUT2D eigenvalue weighted by molar-refractivity contribution is -0.109. The Morgan fingerprint density at radius 2 is 2.18 bits per heavy atom. The van der Waals surface area contributed by atoms with Gasteiger partial charge in [-0.15, -0.1) is 0 Å². The van der Waals surface area contributed by atoms with Gasteiger partial charge in [-0.3, -0.25) is 4.79 Å². The summed E-state index contributed by atoms with van der Waals surface area (Å²) in [4.78, 5) is 14.5. The molecule has 0 bridgehead atoms. The van der Waals surface area contributed by atoms with Gasteiger partial charge in [0.05, 0.1) is 11.1 Å². The minimum atomic E-state index is -1.15. The fraction of sp³-hybridized carbons (Fsp3) is 0.400. The van der Waals surface area contributed by atoms with Crippen molar-refractivity contribution in [2.45, 2.75) is 19.1 Å². The molecule has 1 heterocycles. The molecule has 0 saturated carbocycles. The maximum Gasteiger partial charge on any atom is 0.185 e. The van der Waals surface area contributed by atoms with Crippen LogP contribution in [0.3, 0.4) is 0 Å². The number of halogens is 2. The molecule has 0 aliphatic carbocycles. The van der Waals surface area contributed by atoms with E-state index in [1.54, 1.807) is 0 Å². The number of aromatic nitrogens is 1. The molecular formula is C10H11Cl2NO3S. The van der Waals surface area contributed by atoms with E-state index in [4.69, 9.17) is 23.2 Å². The number of hydrogen-bond donors (Lipinski definition) is 2. The van der Waals surface area contributed by atoms with Crippen LogP contribution in [0.1, 0.15) is 18.6 Å². The van der Waals surface area contributed by atoms with Crippen LogP contribution in [0.2, 0.25) is 10.2 Å². The highest BCUT2D eigenvalue weighted by Gasteiger charge is 2.20. The number of nitrogens with zero attached hydrogens (tertiary/aromatic N) is 1. The van der Waals surface area contributed by atoms with Crippen LogP contribution in [0.25, 0.3) is 0 Å². The zero-order chi connectivity index (χ0) is 13.0. The van der Waals surface area contributed by atoms with Crippen LogP contribution < -0.4 is 0 Å². The normalized spacial score (nSPS) is 14.4. The maximum absolute atomic E-state index is 10.7. The van der Waals surface area contributed by atoms with Crippen molar-refractivity contribution in [1.82, 2.24) is 4.98 Å². The third-order valence-corrected chi connectivity index (χ3v) is 3.58. The molecule has 0 radical (unpaired) electrons. The predicted molar refractivity (Wildman–Crippen MR) is 68.4 cm³/mol. The molecule has 4 nitrogen and oxygen atoms in total. The highest BCUT2D eigenvalue weighted by molar-refractivity contribution is 8.13. The lowest BCUT2D eigenvalue weighted by Crippen LogP contribution is -2.21. The summed E-state index contributed by atoms with van der Waals surface area (Å²) in [6.45, 7) is 1.39. The fourth-order valence-corrected chi connectivity index (χ4v) is 1.98. The van der Waals surface area contributed by atoms with Crippen LogP contribution in [-0.4, -0.2) is 32.2 Å². The molecule has 94 valence electrons. The Hall–Kier alpha value is -0.330. The molecule has 17 heavy (non-hydrogen) atoms. The number of pyridine rings is 1. The Kier molecular flexibility index (Phi) is 5.69. The van der Waals surface area contributed by atoms with E-state index >= 15 is 0 Å². The van der Waals surface area contributed by atoms with E-state index in [2.05, 4.69) is 4.98 Å². The molecule has 0 saturated heterocycles. The Balaban J connectivity index is 2.70. The number of rotatable bonds is 4. The highest BCUT2D eigenvalue weighted by Crippen LogP contribution is 2.25. The van der Waals surface area contributed by atoms with Gasteiger partial charge in [-0.25, -0.2) is 4.98 Å². The third-order valence-electron chi connectivity index (χ3n) is 1.98. The number of carbonyl (C=O) groups is 1. The van der Waals surface area contributed by atoms with E-state index in [1.807, 2.05) is 0 Å². The van der Waals surface area contributed by atoms with Gasteiger partial charge in [0.15, 0.2) is 5.12 Å². The van der Waals surface area contributed by atoms with Crippen molar-refractivity contribution in [3.8, 4) is 0 Å². The smallest absolute Gasteiger partial charge is 0.185 e. The second kappa shape index (κ2) is 6.56. The Morgan fingerprint density at radius 1 is 1.53 bits per heavy atom. The highest BCUT2D eigenvalue weighted by atomic mass is 35.5. The molecule has 1 rings (SSSR count). The number of aliphatic hydroxyl groups is 2. The van der Waals surface area contributed by atoms with Crippen molar-refractivity contribution in [1.29, 1.82) is 0 Å². The van der Waals surface area contributed by atoms with Crippen molar-refractivity contribution in [2.75, 3.05) is 5.75 Å². The average Bonchev–Trinajstić information content (AvgIpc) is 2.28. The summed E-state index contributed by atoms with van der Waals surface area (Å²) in [6, 6.07) is 1.43. The summed E-state index contributed by atoms with van der Waals surface area (Å²) < 4.78 is 0. The summed E-state index contributed by atoms with van der Waals surface area (Å²) in [5, 5.41) is 19.7. The van der Waals surface area contributed by atoms with Crippen LogP contribution in [-0.2, 0) is 4.79 Å². The molecule has 0 aromatic carbocycles. The molecule has 0 fully saturated rings. The third kappa shape index (κ3) is 4.44. The first-order valence-electron chi connectivity index (χ1n) is 4.72. The Labute approximate surface area is 113 Å². The van der Waals surface area contributed by atoms with Gasteiger partial charge in [0, 0.05) is 24.4 Å². The quantitative estimate of drug-likeness (QED) is 0.832. The molecular weight excluding hydrogens is 285 g/mol. The number of carbonyl (C=O) groups excluding carboxylic acids is 1. The van der Waals surface area contributed by atoms with Gasteiger partial charge in [-0.05, 0) is 6.07 Å². The van der Waals surface area contributed by atoms with Gasteiger partial charge in [-0.1, -0.05) is 35.0 Å². The van der Waals surface area contributed by atoms with E-state index in [0.717, 1.165) is 11.8 Å². The zero-order valence-electron chi connectivity index (χ0n) is 8.93. The first-order valence-corrected chi connectivity index (χ1v) is 6.46. The molecule has 1 aromatic heterocycles. The molecule has 2 atom stereocenters. The summed E-state index contributed by atoms with van der Waals surface area (Å²) in [5.74, 6) is 0.108. The summed E-state index contributed by atoms with van der Waals surface area (Å²) in [7, 11) is 0. The van der Waals surface area contributed by atoms with Gasteiger partial charge >= 0.3 is 0 Å². The zero-order valence-corrected chi connectivity index (χ0v) is 11.3. The van der Waals surface area contributed by atoms with Crippen molar-refractivity contribution >= 4 is 40.1 Å². The number of thioether (sulfide) groups is 1. The standard InChI is InChI=1S/C10H11Cl2NO3S/c1-5(14)17-4-8(15)9(16)6-2-7(11)10(12)13-3-6/h2-3,8-9,15-16H,4H2,1H3. The summed E-state index contributed by atoms with van der Waals surface area (Å²) >= 11 is 12.3. The summed E-state index contributed by atoms with van der Waals surface area (Å²) in [6.07, 6.45) is -0.882. The van der Waals surface area contributed by atoms with Crippen LogP contribution in [0.15, 0.2) is 12.3 Å². The van der Waals surface area contributed by atoms with E-state index in [-0.39, 0.29) is 21.0 Å². The molecule has 0 aliphatic heterocycles. The van der Waals surface area contributed by atoms with Gasteiger partial charge < -0.3 is 10.2 Å². The fourth-order valence-electron chi connectivity index (χ4n) is 1.11. The average molecular weight is 296 g/mol. The van der Waals surface area contributed by atoms with Gasteiger partial charge in [0.2, 0.25) is 0 Å². The van der Waals surface area contributed by atoms with Gasteiger partial charge in [0.1, 0.15) is 11.3 Å². The first kappa shape index (κ1) is 14.7. The minimum absolute atomic E-state index is 0.108. The maximum atomic E-state index is 10.7. The molecule has 2 unspecified atom stereocenters. The van der Waals surface area contributed by atoms with Crippen LogP contribution in [0.4, 0.5) is 0 Å². The van der Waals surface area contributed by atoms with E-state index in [1.165, 1.54) is 19.2 Å².